The second-order valence-corrected chi connectivity index (χ2v) is 4.31. The van der Waals surface area contributed by atoms with Gasteiger partial charge in [0.05, 0.1) is 11.2 Å². The third-order valence-corrected chi connectivity index (χ3v) is 3.20. The molecule has 0 unspecified atom stereocenters. The summed E-state index contributed by atoms with van der Waals surface area (Å²) in [6.45, 7) is 2.55. The molecule has 2 nitrogen and oxygen atoms in total. The highest BCUT2D eigenvalue weighted by Gasteiger charge is 2.05. The Morgan fingerprint density at radius 1 is 1.06 bits per heavy atom. The minimum atomic E-state index is 0.491. The molecule has 0 atom stereocenters. The minimum Gasteiger partial charge on any atom is -0.325 e. The Morgan fingerprint density at radius 3 is 2.65 bits per heavy atom. The third kappa shape index (κ3) is 1.58. The Kier molecular flexibility index (Phi) is 2.30. The number of aromatic nitrogens is 1. The van der Waals surface area contributed by atoms with Crippen LogP contribution >= 0.6 is 0 Å². The first-order valence-electron chi connectivity index (χ1n) is 5.77. The lowest BCUT2D eigenvalue weighted by Crippen LogP contribution is -2.02. The summed E-state index contributed by atoms with van der Waals surface area (Å²) >= 11 is 0. The Balaban J connectivity index is 2.48. The summed E-state index contributed by atoms with van der Waals surface area (Å²) < 4.78 is 0. The second kappa shape index (κ2) is 3.82. The van der Waals surface area contributed by atoms with Crippen molar-refractivity contribution in [2.75, 3.05) is 0 Å². The zero-order chi connectivity index (χ0) is 11.8. The molecule has 17 heavy (non-hydrogen) atoms. The summed E-state index contributed by atoms with van der Waals surface area (Å²) in [6.07, 6.45) is 0. The number of benzene rings is 2. The first-order chi connectivity index (χ1) is 8.29. The van der Waals surface area contributed by atoms with Crippen molar-refractivity contribution in [3.8, 4) is 0 Å². The zero-order valence-corrected chi connectivity index (χ0v) is 9.77. The molecular formula is C15H14N2. The van der Waals surface area contributed by atoms with E-state index in [9.17, 15) is 0 Å². The van der Waals surface area contributed by atoms with Gasteiger partial charge in [-0.1, -0.05) is 36.4 Å². The van der Waals surface area contributed by atoms with Gasteiger partial charge < -0.3 is 5.73 Å². The van der Waals surface area contributed by atoms with Gasteiger partial charge in [0.25, 0.3) is 0 Å². The molecule has 0 aliphatic heterocycles. The second-order valence-electron chi connectivity index (χ2n) is 4.31. The first-order valence-corrected chi connectivity index (χ1v) is 5.77. The molecule has 0 spiro atoms. The summed E-state index contributed by atoms with van der Waals surface area (Å²) in [4.78, 5) is 4.70. The van der Waals surface area contributed by atoms with Gasteiger partial charge in [-0.15, -0.1) is 0 Å². The van der Waals surface area contributed by atoms with Crippen LogP contribution in [0.25, 0.3) is 21.7 Å². The largest absolute Gasteiger partial charge is 0.325 e. The molecule has 2 heteroatoms. The van der Waals surface area contributed by atoms with Crippen LogP contribution in [-0.4, -0.2) is 4.98 Å². The summed E-state index contributed by atoms with van der Waals surface area (Å²) in [6, 6.07) is 14.7. The SMILES string of the molecule is Cc1cc2ccc3ccccc3c2nc1CN. The molecule has 0 radical (unpaired) electrons. The number of aryl methyl sites for hydroxylation is 1. The van der Waals surface area contributed by atoms with Crippen molar-refractivity contribution in [1.29, 1.82) is 0 Å². The fraction of sp³-hybridized carbons (Fsp3) is 0.133. The van der Waals surface area contributed by atoms with E-state index >= 15 is 0 Å². The van der Waals surface area contributed by atoms with Crippen molar-refractivity contribution >= 4 is 21.7 Å². The topological polar surface area (TPSA) is 38.9 Å². The normalized spacial score (nSPS) is 11.2. The molecule has 0 aliphatic carbocycles. The molecule has 2 aromatic carbocycles. The maximum atomic E-state index is 5.72. The van der Waals surface area contributed by atoms with E-state index in [2.05, 4.69) is 37.3 Å². The predicted molar refractivity (Wildman–Crippen MR) is 71.9 cm³/mol. The third-order valence-electron chi connectivity index (χ3n) is 3.20. The standard InChI is InChI=1S/C15H14N2/c1-10-8-12-7-6-11-4-2-3-5-13(11)15(12)17-14(10)9-16/h2-8H,9,16H2,1H3. The predicted octanol–water partition coefficient (Wildman–Crippen LogP) is 3.16. The van der Waals surface area contributed by atoms with Crippen molar-refractivity contribution < 1.29 is 0 Å². The minimum absolute atomic E-state index is 0.491. The molecular weight excluding hydrogens is 208 g/mol. The van der Waals surface area contributed by atoms with Gasteiger partial charge in [-0.25, -0.2) is 0 Å². The van der Waals surface area contributed by atoms with Gasteiger partial charge in [-0.2, -0.15) is 0 Å². The molecule has 0 saturated heterocycles. The molecule has 3 aromatic rings. The summed E-state index contributed by atoms with van der Waals surface area (Å²) in [5.41, 5.74) is 8.92. The Hall–Kier alpha value is -1.93. The van der Waals surface area contributed by atoms with Crippen molar-refractivity contribution in [3.63, 3.8) is 0 Å². The molecule has 0 fully saturated rings. The van der Waals surface area contributed by atoms with Gasteiger partial charge in [0.15, 0.2) is 0 Å². The van der Waals surface area contributed by atoms with E-state index in [-0.39, 0.29) is 0 Å². The number of nitrogens with zero attached hydrogens (tertiary/aromatic N) is 1. The van der Waals surface area contributed by atoms with Gasteiger partial charge in [-0.05, 0) is 23.9 Å². The monoisotopic (exact) mass is 222 g/mol. The molecule has 84 valence electrons. The quantitative estimate of drug-likeness (QED) is 0.642. The number of rotatable bonds is 1. The Labute approximate surface area is 100 Å². The molecule has 1 heterocycles. The van der Waals surface area contributed by atoms with Gasteiger partial charge in [0.1, 0.15) is 0 Å². The molecule has 0 aliphatic rings. The van der Waals surface area contributed by atoms with E-state index in [4.69, 9.17) is 10.7 Å². The van der Waals surface area contributed by atoms with Crippen molar-refractivity contribution in [2.45, 2.75) is 13.5 Å². The fourth-order valence-electron chi connectivity index (χ4n) is 2.26. The fourth-order valence-corrected chi connectivity index (χ4v) is 2.26. The highest BCUT2D eigenvalue weighted by molar-refractivity contribution is 6.05. The number of hydrogen-bond acceptors (Lipinski definition) is 2. The van der Waals surface area contributed by atoms with Gasteiger partial charge >= 0.3 is 0 Å². The highest BCUT2D eigenvalue weighted by atomic mass is 14.7. The van der Waals surface area contributed by atoms with Crippen LogP contribution in [0.4, 0.5) is 0 Å². The molecule has 1 aromatic heterocycles. The maximum absolute atomic E-state index is 5.72. The number of fused-ring (bicyclic) bond motifs is 3. The summed E-state index contributed by atoms with van der Waals surface area (Å²) in [5, 5.41) is 3.59. The first kappa shape index (κ1) is 10.2. The van der Waals surface area contributed by atoms with Crippen LogP contribution < -0.4 is 5.73 Å². The van der Waals surface area contributed by atoms with E-state index in [1.165, 1.54) is 16.2 Å². The van der Waals surface area contributed by atoms with Gasteiger partial charge in [0, 0.05) is 17.3 Å². The van der Waals surface area contributed by atoms with Crippen LogP contribution in [0.5, 0.6) is 0 Å². The Morgan fingerprint density at radius 2 is 1.82 bits per heavy atom. The van der Waals surface area contributed by atoms with Crippen LogP contribution in [0, 0.1) is 6.92 Å². The van der Waals surface area contributed by atoms with Crippen LogP contribution in [0.2, 0.25) is 0 Å². The lowest BCUT2D eigenvalue weighted by molar-refractivity contribution is 0.986. The lowest BCUT2D eigenvalue weighted by Gasteiger charge is -2.07. The zero-order valence-electron chi connectivity index (χ0n) is 9.77. The van der Waals surface area contributed by atoms with E-state index in [1.54, 1.807) is 0 Å². The Bertz CT molecular complexity index is 702. The average Bonchev–Trinajstić information content (AvgIpc) is 2.37. The molecule has 0 saturated carbocycles. The van der Waals surface area contributed by atoms with E-state index in [0.29, 0.717) is 6.54 Å². The van der Waals surface area contributed by atoms with Crippen LogP contribution in [0.3, 0.4) is 0 Å². The van der Waals surface area contributed by atoms with E-state index in [1.807, 2.05) is 12.1 Å². The van der Waals surface area contributed by atoms with Crippen molar-refractivity contribution in [3.05, 3.63) is 53.7 Å². The van der Waals surface area contributed by atoms with E-state index < -0.39 is 0 Å². The number of pyridine rings is 1. The van der Waals surface area contributed by atoms with E-state index in [0.717, 1.165) is 16.8 Å². The summed E-state index contributed by atoms with van der Waals surface area (Å²) in [5.74, 6) is 0. The smallest absolute Gasteiger partial charge is 0.0784 e. The molecule has 0 amide bonds. The molecule has 2 N–H and O–H groups in total. The van der Waals surface area contributed by atoms with Crippen LogP contribution in [0.1, 0.15) is 11.3 Å². The highest BCUT2D eigenvalue weighted by Crippen LogP contribution is 2.25. The van der Waals surface area contributed by atoms with Crippen molar-refractivity contribution in [1.82, 2.24) is 4.98 Å². The number of hydrogen-bond donors (Lipinski definition) is 1. The van der Waals surface area contributed by atoms with Crippen molar-refractivity contribution in [2.24, 2.45) is 5.73 Å². The number of nitrogens with two attached hydrogens (primary N) is 1. The maximum Gasteiger partial charge on any atom is 0.0784 e. The van der Waals surface area contributed by atoms with Crippen LogP contribution in [-0.2, 0) is 6.54 Å². The average molecular weight is 222 g/mol. The van der Waals surface area contributed by atoms with Gasteiger partial charge in [0.2, 0.25) is 0 Å². The van der Waals surface area contributed by atoms with Crippen LogP contribution in [0.15, 0.2) is 42.5 Å². The summed E-state index contributed by atoms with van der Waals surface area (Å²) in [7, 11) is 0. The molecule has 0 bridgehead atoms. The van der Waals surface area contributed by atoms with Gasteiger partial charge in [-0.3, -0.25) is 4.98 Å². The molecule has 3 rings (SSSR count). The lowest BCUT2D eigenvalue weighted by atomic mass is 10.0.